The summed E-state index contributed by atoms with van der Waals surface area (Å²) in [6, 6.07) is 21.3. The second kappa shape index (κ2) is 14.9. The number of rotatable bonds is 13. The molecule has 1 amide bonds. The summed E-state index contributed by atoms with van der Waals surface area (Å²) < 4.78 is 22.9. The number of Topliss-reactive ketones (excluding diaryl/α,β-unsaturated/α-hetero) is 1. The van der Waals surface area contributed by atoms with Crippen LogP contribution in [0.3, 0.4) is 0 Å². The van der Waals surface area contributed by atoms with Crippen LogP contribution in [0, 0.1) is 0 Å². The molecule has 1 atom stereocenters. The standard InChI is InChI=1S/C35H40N2O7/c1-3-20-43-28-13-10-26(11-14-28)33(38)31-32(37(35(40)34(31)39)17-7-16-36-18-21-42-22-19-36)27-12-15-29(30(23-27)41-2)44-24-25-8-5-4-6-9-25/h4-6,8-15,23,32,38H,3,7,16-22,24H2,1-2H3/b33-31+. The van der Waals surface area contributed by atoms with Crippen molar-refractivity contribution in [3.05, 3.63) is 95.1 Å². The molecule has 3 aromatic rings. The summed E-state index contributed by atoms with van der Waals surface area (Å²) in [7, 11) is 1.55. The first-order valence-electron chi connectivity index (χ1n) is 15.2. The first kappa shape index (κ1) is 31.1. The second-order valence-electron chi connectivity index (χ2n) is 10.9. The first-order valence-corrected chi connectivity index (χ1v) is 15.2. The van der Waals surface area contributed by atoms with E-state index >= 15 is 0 Å². The van der Waals surface area contributed by atoms with Crippen LogP contribution in [-0.4, -0.2) is 79.7 Å². The van der Waals surface area contributed by atoms with Crippen molar-refractivity contribution in [2.45, 2.75) is 32.4 Å². The zero-order chi connectivity index (χ0) is 30.9. The van der Waals surface area contributed by atoms with Crippen LogP contribution < -0.4 is 14.2 Å². The van der Waals surface area contributed by atoms with Gasteiger partial charge >= 0.3 is 0 Å². The Morgan fingerprint density at radius 1 is 0.932 bits per heavy atom. The monoisotopic (exact) mass is 600 g/mol. The number of likely N-dealkylation sites (tertiary alicyclic amines) is 1. The highest BCUT2D eigenvalue weighted by atomic mass is 16.5. The first-order chi connectivity index (χ1) is 21.5. The average Bonchev–Trinajstić information content (AvgIpc) is 3.32. The van der Waals surface area contributed by atoms with E-state index in [1.807, 2.05) is 43.3 Å². The highest BCUT2D eigenvalue weighted by Gasteiger charge is 2.46. The fraction of sp³-hybridized carbons (Fsp3) is 0.371. The lowest BCUT2D eigenvalue weighted by molar-refractivity contribution is -0.140. The Bertz CT molecular complexity index is 1450. The zero-order valence-electron chi connectivity index (χ0n) is 25.4. The third-order valence-corrected chi connectivity index (χ3v) is 7.86. The van der Waals surface area contributed by atoms with E-state index in [-0.39, 0.29) is 11.3 Å². The number of nitrogens with zero attached hydrogens (tertiary/aromatic N) is 2. The molecule has 232 valence electrons. The number of ether oxygens (including phenoxy) is 4. The van der Waals surface area contributed by atoms with E-state index < -0.39 is 17.7 Å². The minimum absolute atomic E-state index is 0.0450. The predicted octanol–water partition coefficient (Wildman–Crippen LogP) is 5.21. The summed E-state index contributed by atoms with van der Waals surface area (Å²) in [4.78, 5) is 30.9. The van der Waals surface area contributed by atoms with Gasteiger partial charge in [-0.05, 0) is 60.4 Å². The van der Waals surface area contributed by atoms with Gasteiger partial charge in [0, 0.05) is 31.7 Å². The Hall–Kier alpha value is -4.34. The molecule has 0 aliphatic carbocycles. The fourth-order valence-corrected chi connectivity index (χ4v) is 5.54. The number of carbonyl (C=O) groups excluding carboxylic acids is 2. The molecular formula is C35H40N2O7. The van der Waals surface area contributed by atoms with Gasteiger partial charge in [0.25, 0.3) is 11.7 Å². The van der Waals surface area contributed by atoms with Gasteiger partial charge in [-0.2, -0.15) is 0 Å². The largest absolute Gasteiger partial charge is 0.507 e. The quantitative estimate of drug-likeness (QED) is 0.162. The molecule has 9 nitrogen and oxygen atoms in total. The van der Waals surface area contributed by atoms with Crippen LogP contribution in [-0.2, 0) is 20.9 Å². The Balaban J connectivity index is 1.46. The van der Waals surface area contributed by atoms with E-state index in [2.05, 4.69) is 4.90 Å². The number of ketones is 1. The molecule has 9 heteroatoms. The molecule has 0 spiro atoms. The molecule has 2 aliphatic heterocycles. The van der Waals surface area contributed by atoms with Crippen molar-refractivity contribution in [2.75, 3.05) is 53.1 Å². The van der Waals surface area contributed by atoms with Gasteiger partial charge in [0.2, 0.25) is 0 Å². The van der Waals surface area contributed by atoms with E-state index in [9.17, 15) is 14.7 Å². The number of carbonyl (C=O) groups is 2. The Morgan fingerprint density at radius 3 is 2.39 bits per heavy atom. The molecule has 2 saturated heterocycles. The van der Waals surface area contributed by atoms with Crippen molar-refractivity contribution >= 4 is 17.4 Å². The number of hydrogen-bond donors (Lipinski definition) is 1. The van der Waals surface area contributed by atoms with Crippen molar-refractivity contribution in [3.8, 4) is 17.2 Å². The van der Waals surface area contributed by atoms with E-state index in [1.165, 1.54) is 0 Å². The number of methoxy groups -OCH3 is 1. The van der Waals surface area contributed by atoms with Crippen LogP contribution in [0.2, 0.25) is 0 Å². The van der Waals surface area contributed by atoms with E-state index in [1.54, 1.807) is 48.4 Å². The van der Waals surface area contributed by atoms with Gasteiger partial charge < -0.3 is 29.0 Å². The molecular weight excluding hydrogens is 560 g/mol. The molecule has 44 heavy (non-hydrogen) atoms. The fourth-order valence-electron chi connectivity index (χ4n) is 5.54. The van der Waals surface area contributed by atoms with Crippen molar-refractivity contribution in [1.29, 1.82) is 0 Å². The molecule has 0 saturated carbocycles. The maximum Gasteiger partial charge on any atom is 0.295 e. The van der Waals surface area contributed by atoms with E-state index in [4.69, 9.17) is 18.9 Å². The SMILES string of the molecule is CCCOc1ccc(/C(O)=C2\C(=O)C(=O)N(CCCN3CCOCC3)C2c2ccc(OCc3ccccc3)c(OC)c2)cc1. The van der Waals surface area contributed by atoms with Crippen LogP contribution >= 0.6 is 0 Å². The highest BCUT2D eigenvalue weighted by molar-refractivity contribution is 6.46. The molecule has 0 radical (unpaired) electrons. The molecule has 2 fully saturated rings. The predicted molar refractivity (Wildman–Crippen MR) is 167 cm³/mol. The smallest absolute Gasteiger partial charge is 0.295 e. The van der Waals surface area contributed by atoms with Crippen molar-refractivity contribution in [2.24, 2.45) is 0 Å². The van der Waals surface area contributed by atoms with Crippen LogP contribution in [0.4, 0.5) is 0 Å². The molecule has 2 heterocycles. The van der Waals surface area contributed by atoms with E-state index in [0.717, 1.165) is 31.6 Å². The lowest BCUT2D eigenvalue weighted by Gasteiger charge is -2.29. The number of benzene rings is 3. The molecule has 2 aliphatic rings. The minimum atomic E-state index is -0.798. The maximum absolute atomic E-state index is 13.6. The minimum Gasteiger partial charge on any atom is -0.507 e. The maximum atomic E-state index is 13.6. The molecule has 0 aromatic heterocycles. The molecule has 1 unspecified atom stereocenters. The number of morpholine rings is 1. The number of hydrogen-bond acceptors (Lipinski definition) is 8. The summed E-state index contributed by atoms with van der Waals surface area (Å²) in [5.41, 5.74) is 2.13. The molecule has 1 N–H and O–H groups in total. The van der Waals surface area contributed by atoms with Gasteiger partial charge in [-0.25, -0.2) is 0 Å². The van der Waals surface area contributed by atoms with E-state index in [0.29, 0.717) is 67.8 Å². The number of aliphatic hydroxyl groups is 1. The summed E-state index contributed by atoms with van der Waals surface area (Å²) in [5.74, 6) is 0.0916. The normalized spacial score (nSPS) is 18.4. The van der Waals surface area contributed by atoms with Gasteiger partial charge in [0.15, 0.2) is 11.5 Å². The average molecular weight is 601 g/mol. The molecule has 0 bridgehead atoms. The Morgan fingerprint density at radius 2 is 1.68 bits per heavy atom. The lowest BCUT2D eigenvalue weighted by Crippen LogP contribution is -2.39. The zero-order valence-corrected chi connectivity index (χ0v) is 25.4. The van der Waals surface area contributed by atoms with Crippen LogP contribution in [0.15, 0.2) is 78.4 Å². The number of amides is 1. The van der Waals surface area contributed by atoms with Gasteiger partial charge in [-0.3, -0.25) is 14.5 Å². The summed E-state index contributed by atoms with van der Waals surface area (Å²) in [6.45, 7) is 7.12. The molecule has 3 aromatic carbocycles. The van der Waals surface area contributed by atoms with Crippen LogP contribution in [0.1, 0.15) is 42.5 Å². The Labute approximate surface area is 258 Å². The van der Waals surface area contributed by atoms with Gasteiger partial charge in [0.1, 0.15) is 18.1 Å². The van der Waals surface area contributed by atoms with Gasteiger partial charge in [0.05, 0.1) is 38.5 Å². The summed E-state index contributed by atoms with van der Waals surface area (Å²) >= 11 is 0. The van der Waals surface area contributed by atoms with Crippen molar-refractivity contribution in [3.63, 3.8) is 0 Å². The molecule has 5 rings (SSSR count). The van der Waals surface area contributed by atoms with Gasteiger partial charge in [-0.15, -0.1) is 0 Å². The third kappa shape index (κ3) is 7.23. The highest BCUT2D eigenvalue weighted by Crippen LogP contribution is 2.42. The van der Waals surface area contributed by atoms with Gasteiger partial charge in [-0.1, -0.05) is 43.3 Å². The summed E-state index contributed by atoms with van der Waals surface area (Å²) in [6.07, 6.45) is 1.54. The van der Waals surface area contributed by atoms with Crippen LogP contribution in [0.5, 0.6) is 17.2 Å². The third-order valence-electron chi connectivity index (χ3n) is 7.86. The Kier molecular flexibility index (Phi) is 10.5. The summed E-state index contributed by atoms with van der Waals surface area (Å²) in [5, 5.41) is 11.5. The van der Waals surface area contributed by atoms with Crippen LogP contribution in [0.25, 0.3) is 5.76 Å². The second-order valence-corrected chi connectivity index (χ2v) is 10.9. The lowest BCUT2D eigenvalue weighted by atomic mass is 9.95. The number of aliphatic hydroxyl groups excluding tert-OH is 1. The van der Waals surface area contributed by atoms with Crippen molar-refractivity contribution in [1.82, 2.24) is 9.80 Å². The van der Waals surface area contributed by atoms with Crippen molar-refractivity contribution < 1.29 is 33.6 Å². The topological polar surface area (TPSA) is 97.8 Å².